The summed E-state index contributed by atoms with van der Waals surface area (Å²) in [4.78, 5) is 13.3. The number of rotatable bonds is 1. The summed E-state index contributed by atoms with van der Waals surface area (Å²) >= 11 is 11.6. The van der Waals surface area contributed by atoms with Crippen molar-refractivity contribution in [1.29, 1.82) is 0 Å². The summed E-state index contributed by atoms with van der Waals surface area (Å²) < 4.78 is 13.5. The lowest BCUT2D eigenvalue weighted by molar-refractivity contribution is 0.624. The Balaban J connectivity index is 2.66. The van der Waals surface area contributed by atoms with E-state index in [1.165, 1.54) is 6.07 Å². The third kappa shape index (κ3) is 2.26. The number of hydrogen-bond donors (Lipinski definition) is 1. The van der Waals surface area contributed by atoms with Gasteiger partial charge in [0.05, 0.1) is 0 Å². The molecule has 16 heavy (non-hydrogen) atoms. The van der Waals surface area contributed by atoms with Gasteiger partial charge < -0.3 is 4.98 Å². The van der Waals surface area contributed by atoms with Crippen LogP contribution in [-0.4, -0.2) is 4.98 Å². The van der Waals surface area contributed by atoms with E-state index in [1.807, 2.05) is 0 Å². The van der Waals surface area contributed by atoms with E-state index >= 15 is 0 Å². The minimum Gasteiger partial charge on any atom is -0.326 e. The molecule has 0 fully saturated rings. The summed E-state index contributed by atoms with van der Waals surface area (Å²) in [5.74, 6) is -0.530. The first-order valence-electron chi connectivity index (χ1n) is 4.41. The number of aromatic nitrogens is 1. The Labute approximate surface area is 101 Å². The van der Waals surface area contributed by atoms with E-state index in [-0.39, 0.29) is 11.1 Å². The van der Waals surface area contributed by atoms with Crippen molar-refractivity contribution in [3.8, 4) is 11.1 Å². The Bertz CT molecular complexity index is 575. The van der Waals surface area contributed by atoms with Crippen LogP contribution in [0.3, 0.4) is 0 Å². The molecular formula is C11H6Cl2FNO. The molecule has 0 atom stereocenters. The molecule has 0 aliphatic rings. The zero-order chi connectivity index (χ0) is 11.7. The van der Waals surface area contributed by atoms with Crippen molar-refractivity contribution in [2.24, 2.45) is 0 Å². The maximum atomic E-state index is 13.5. The Hall–Kier alpha value is -1.32. The van der Waals surface area contributed by atoms with Crippen molar-refractivity contribution in [1.82, 2.24) is 4.98 Å². The van der Waals surface area contributed by atoms with Crippen LogP contribution in [-0.2, 0) is 0 Å². The number of benzene rings is 1. The maximum absolute atomic E-state index is 13.5. The highest BCUT2D eigenvalue weighted by molar-refractivity contribution is 6.35. The van der Waals surface area contributed by atoms with Crippen LogP contribution in [0.1, 0.15) is 0 Å². The highest BCUT2D eigenvalue weighted by Gasteiger charge is 2.07. The van der Waals surface area contributed by atoms with Gasteiger partial charge in [0, 0.05) is 27.9 Å². The van der Waals surface area contributed by atoms with Gasteiger partial charge in [-0.1, -0.05) is 23.2 Å². The fourth-order valence-corrected chi connectivity index (χ4v) is 1.91. The molecule has 82 valence electrons. The largest absolute Gasteiger partial charge is 0.326 e. The predicted octanol–water partition coefficient (Wildman–Crippen LogP) is 3.49. The van der Waals surface area contributed by atoms with Crippen molar-refractivity contribution in [3.63, 3.8) is 0 Å². The van der Waals surface area contributed by atoms with E-state index in [0.29, 0.717) is 15.6 Å². The second kappa shape index (κ2) is 4.28. The van der Waals surface area contributed by atoms with Gasteiger partial charge in [0.15, 0.2) is 0 Å². The van der Waals surface area contributed by atoms with Gasteiger partial charge in [0.1, 0.15) is 5.82 Å². The normalized spacial score (nSPS) is 10.4. The predicted molar refractivity (Wildman–Crippen MR) is 62.5 cm³/mol. The lowest BCUT2D eigenvalue weighted by atomic mass is 10.1. The standard InChI is InChI=1S/C11H6Cl2FNO/c12-7-1-6(2-8(13)3-7)9-4-11(16)15-5-10(9)14/h1-5H,(H,15,16). The van der Waals surface area contributed by atoms with Crippen LogP contribution in [0.15, 0.2) is 35.3 Å². The van der Waals surface area contributed by atoms with Gasteiger partial charge in [-0.3, -0.25) is 4.79 Å². The first kappa shape index (κ1) is 11.2. The van der Waals surface area contributed by atoms with Crippen LogP contribution in [0, 0.1) is 5.82 Å². The first-order valence-corrected chi connectivity index (χ1v) is 5.16. The topological polar surface area (TPSA) is 32.9 Å². The molecule has 1 aromatic carbocycles. The monoisotopic (exact) mass is 257 g/mol. The van der Waals surface area contributed by atoms with Crippen LogP contribution in [0.25, 0.3) is 11.1 Å². The Morgan fingerprint density at radius 3 is 2.31 bits per heavy atom. The van der Waals surface area contributed by atoms with E-state index in [2.05, 4.69) is 4.98 Å². The number of H-pyrrole nitrogens is 1. The average Bonchev–Trinajstić information content (AvgIpc) is 2.20. The molecule has 1 heterocycles. The van der Waals surface area contributed by atoms with Crippen molar-refractivity contribution in [2.75, 3.05) is 0 Å². The molecule has 0 saturated heterocycles. The lowest BCUT2D eigenvalue weighted by Gasteiger charge is -2.04. The second-order valence-electron chi connectivity index (χ2n) is 3.22. The van der Waals surface area contributed by atoms with Crippen LogP contribution < -0.4 is 5.56 Å². The van der Waals surface area contributed by atoms with Crippen molar-refractivity contribution in [3.05, 3.63) is 56.7 Å². The zero-order valence-electron chi connectivity index (χ0n) is 7.93. The van der Waals surface area contributed by atoms with Gasteiger partial charge in [0.2, 0.25) is 5.56 Å². The van der Waals surface area contributed by atoms with E-state index < -0.39 is 5.82 Å². The first-order chi connectivity index (χ1) is 7.56. The lowest BCUT2D eigenvalue weighted by Crippen LogP contribution is -2.04. The summed E-state index contributed by atoms with van der Waals surface area (Å²) in [6.45, 7) is 0. The summed E-state index contributed by atoms with van der Waals surface area (Å²) in [5, 5.41) is 0.782. The smallest absolute Gasteiger partial charge is 0.248 e. The molecule has 2 rings (SSSR count). The van der Waals surface area contributed by atoms with E-state index in [1.54, 1.807) is 12.1 Å². The second-order valence-corrected chi connectivity index (χ2v) is 4.09. The Morgan fingerprint density at radius 1 is 1.06 bits per heavy atom. The molecule has 2 aromatic rings. The molecule has 0 spiro atoms. The van der Waals surface area contributed by atoms with Crippen molar-refractivity contribution in [2.45, 2.75) is 0 Å². The summed E-state index contributed by atoms with van der Waals surface area (Å²) in [6.07, 6.45) is 1.01. The van der Waals surface area contributed by atoms with E-state index in [9.17, 15) is 9.18 Å². The third-order valence-electron chi connectivity index (χ3n) is 2.05. The minimum absolute atomic E-state index is 0.174. The van der Waals surface area contributed by atoms with Gasteiger partial charge in [0.25, 0.3) is 0 Å². The van der Waals surface area contributed by atoms with E-state index in [0.717, 1.165) is 12.3 Å². The molecule has 0 radical (unpaired) electrons. The molecule has 5 heteroatoms. The molecular weight excluding hydrogens is 252 g/mol. The Kier molecular flexibility index (Phi) is 2.99. The average molecular weight is 258 g/mol. The third-order valence-corrected chi connectivity index (χ3v) is 2.48. The number of aromatic amines is 1. The van der Waals surface area contributed by atoms with Gasteiger partial charge in [-0.05, 0) is 23.8 Å². The molecule has 1 aromatic heterocycles. The molecule has 2 nitrogen and oxygen atoms in total. The number of pyridine rings is 1. The summed E-state index contributed by atoms with van der Waals surface area (Å²) in [6, 6.07) is 5.80. The molecule has 0 amide bonds. The molecule has 0 saturated carbocycles. The molecule has 0 unspecified atom stereocenters. The van der Waals surface area contributed by atoms with Crippen LogP contribution >= 0.6 is 23.2 Å². The molecule has 0 aliphatic heterocycles. The van der Waals surface area contributed by atoms with Crippen molar-refractivity contribution >= 4 is 23.2 Å². The minimum atomic E-state index is -0.530. The van der Waals surface area contributed by atoms with Crippen LogP contribution in [0.5, 0.6) is 0 Å². The number of halogens is 3. The highest BCUT2D eigenvalue weighted by Crippen LogP contribution is 2.27. The zero-order valence-corrected chi connectivity index (χ0v) is 9.44. The van der Waals surface area contributed by atoms with E-state index in [4.69, 9.17) is 23.2 Å². The highest BCUT2D eigenvalue weighted by atomic mass is 35.5. The van der Waals surface area contributed by atoms with Crippen molar-refractivity contribution < 1.29 is 4.39 Å². The summed E-state index contributed by atoms with van der Waals surface area (Å²) in [5.41, 5.74) is 0.266. The Morgan fingerprint density at radius 2 is 1.69 bits per heavy atom. The fourth-order valence-electron chi connectivity index (χ4n) is 1.38. The summed E-state index contributed by atoms with van der Waals surface area (Å²) in [7, 11) is 0. The van der Waals surface area contributed by atoms with Gasteiger partial charge in [-0.25, -0.2) is 4.39 Å². The molecule has 0 aliphatic carbocycles. The quantitative estimate of drug-likeness (QED) is 0.834. The van der Waals surface area contributed by atoms with Gasteiger partial charge >= 0.3 is 0 Å². The van der Waals surface area contributed by atoms with Crippen LogP contribution in [0.2, 0.25) is 10.0 Å². The molecule has 1 N–H and O–H groups in total. The van der Waals surface area contributed by atoms with Crippen LogP contribution in [0.4, 0.5) is 4.39 Å². The number of nitrogens with one attached hydrogen (secondary N) is 1. The van der Waals surface area contributed by atoms with Gasteiger partial charge in [-0.2, -0.15) is 0 Å². The SMILES string of the molecule is O=c1cc(-c2cc(Cl)cc(Cl)c2)c(F)c[nH]1. The maximum Gasteiger partial charge on any atom is 0.248 e. The number of hydrogen-bond acceptors (Lipinski definition) is 1. The molecule has 0 bridgehead atoms. The van der Waals surface area contributed by atoms with Gasteiger partial charge in [-0.15, -0.1) is 0 Å². The fraction of sp³-hybridized carbons (Fsp3) is 0.